The van der Waals surface area contributed by atoms with Crippen molar-refractivity contribution in [3.8, 4) is 0 Å². The van der Waals surface area contributed by atoms with Crippen LogP contribution in [0.2, 0.25) is 5.02 Å². The fraction of sp³-hybridized carbons (Fsp3) is 0. The van der Waals surface area contributed by atoms with Crippen molar-refractivity contribution < 1.29 is 9.31 Å². The van der Waals surface area contributed by atoms with Gasteiger partial charge in [0.1, 0.15) is 12.1 Å². The van der Waals surface area contributed by atoms with Crippen molar-refractivity contribution in [1.29, 1.82) is 0 Å². The lowest BCUT2D eigenvalue weighted by Gasteiger charge is -2.09. The first-order valence-electron chi connectivity index (χ1n) is 6.16. The quantitative estimate of drug-likeness (QED) is 0.581. The number of hydrogen-bond donors (Lipinski definition) is 1. The number of nitrogens with zero attached hydrogens (tertiary/aromatic N) is 3. The van der Waals surface area contributed by atoms with Crippen molar-refractivity contribution in [2.75, 3.05) is 5.32 Å². The summed E-state index contributed by atoms with van der Waals surface area (Å²) in [6.45, 7) is 0. The van der Waals surface area contributed by atoms with Gasteiger partial charge in [0.25, 0.3) is 5.69 Å². The van der Waals surface area contributed by atoms with Crippen LogP contribution in [0.25, 0.3) is 10.9 Å². The first-order valence-corrected chi connectivity index (χ1v) is 6.54. The third kappa shape index (κ3) is 2.53. The lowest BCUT2D eigenvalue weighted by atomic mass is 10.2. The zero-order valence-corrected chi connectivity index (χ0v) is 11.7. The minimum Gasteiger partial charge on any atom is -0.337 e. The average Bonchev–Trinajstić information content (AvgIpc) is 2.51. The van der Waals surface area contributed by atoms with E-state index in [0.717, 1.165) is 0 Å². The minimum atomic E-state index is -0.624. The molecular formula is C14H8ClFN4O2. The standard InChI is InChI=1S/C14H8ClFN4O2/c15-10-2-1-3-12(13(10)16)19-14-9-6-8(20(21)22)4-5-11(9)17-7-18-14/h1-7H,(H,17,18,19). The van der Waals surface area contributed by atoms with E-state index in [-0.39, 0.29) is 22.2 Å². The maximum absolute atomic E-state index is 13.9. The van der Waals surface area contributed by atoms with E-state index in [4.69, 9.17) is 11.6 Å². The number of nitro groups is 1. The third-order valence-corrected chi connectivity index (χ3v) is 3.33. The fourth-order valence-electron chi connectivity index (χ4n) is 1.99. The van der Waals surface area contributed by atoms with E-state index >= 15 is 0 Å². The van der Waals surface area contributed by atoms with Crippen molar-refractivity contribution in [2.45, 2.75) is 0 Å². The number of halogens is 2. The Morgan fingerprint density at radius 3 is 2.82 bits per heavy atom. The Bertz CT molecular complexity index is 888. The fourth-order valence-corrected chi connectivity index (χ4v) is 2.16. The molecule has 0 saturated heterocycles. The van der Waals surface area contributed by atoms with E-state index in [0.29, 0.717) is 10.9 Å². The van der Waals surface area contributed by atoms with Gasteiger partial charge in [-0.2, -0.15) is 0 Å². The number of aromatic nitrogens is 2. The monoisotopic (exact) mass is 318 g/mol. The highest BCUT2D eigenvalue weighted by molar-refractivity contribution is 6.31. The second-order valence-corrected chi connectivity index (χ2v) is 4.81. The van der Waals surface area contributed by atoms with Crippen LogP contribution in [0.15, 0.2) is 42.7 Å². The molecule has 0 fully saturated rings. The van der Waals surface area contributed by atoms with Gasteiger partial charge < -0.3 is 5.32 Å². The molecule has 2 aromatic carbocycles. The van der Waals surface area contributed by atoms with Gasteiger partial charge in [0, 0.05) is 17.5 Å². The molecule has 110 valence electrons. The van der Waals surface area contributed by atoms with Crippen LogP contribution in [-0.4, -0.2) is 14.9 Å². The van der Waals surface area contributed by atoms with E-state index in [1.54, 1.807) is 6.07 Å². The molecule has 22 heavy (non-hydrogen) atoms. The van der Waals surface area contributed by atoms with Gasteiger partial charge in [-0.3, -0.25) is 10.1 Å². The van der Waals surface area contributed by atoms with Crippen molar-refractivity contribution in [3.05, 3.63) is 63.7 Å². The summed E-state index contributed by atoms with van der Waals surface area (Å²) in [4.78, 5) is 18.4. The second kappa shape index (κ2) is 5.53. The molecule has 3 aromatic rings. The molecule has 1 heterocycles. The highest BCUT2D eigenvalue weighted by Crippen LogP contribution is 2.29. The van der Waals surface area contributed by atoms with Crippen LogP contribution in [0, 0.1) is 15.9 Å². The van der Waals surface area contributed by atoms with Gasteiger partial charge >= 0.3 is 0 Å². The SMILES string of the molecule is O=[N+]([O-])c1ccc2ncnc(Nc3cccc(Cl)c3F)c2c1. The van der Waals surface area contributed by atoms with Crippen LogP contribution in [0.1, 0.15) is 0 Å². The van der Waals surface area contributed by atoms with Crippen LogP contribution in [0.5, 0.6) is 0 Å². The molecular weight excluding hydrogens is 311 g/mol. The van der Waals surface area contributed by atoms with Crippen molar-refractivity contribution in [1.82, 2.24) is 9.97 Å². The molecule has 8 heteroatoms. The summed E-state index contributed by atoms with van der Waals surface area (Å²) in [7, 11) is 0. The van der Waals surface area contributed by atoms with Crippen molar-refractivity contribution in [2.24, 2.45) is 0 Å². The summed E-state index contributed by atoms with van der Waals surface area (Å²) in [5.74, 6) is -0.365. The van der Waals surface area contributed by atoms with E-state index in [1.165, 1.54) is 36.7 Å². The van der Waals surface area contributed by atoms with Gasteiger partial charge in [-0.25, -0.2) is 14.4 Å². The van der Waals surface area contributed by atoms with Crippen LogP contribution in [0.3, 0.4) is 0 Å². The van der Waals surface area contributed by atoms with E-state index < -0.39 is 10.7 Å². The van der Waals surface area contributed by atoms with Crippen LogP contribution < -0.4 is 5.32 Å². The molecule has 0 amide bonds. The second-order valence-electron chi connectivity index (χ2n) is 4.41. The largest absolute Gasteiger partial charge is 0.337 e. The van der Waals surface area contributed by atoms with Gasteiger partial charge in [-0.1, -0.05) is 17.7 Å². The molecule has 1 N–H and O–H groups in total. The van der Waals surface area contributed by atoms with Gasteiger partial charge in [0.2, 0.25) is 0 Å². The topological polar surface area (TPSA) is 81.0 Å². The molecule has 0 saturated carbocycles. The van der Waals surface area contributed by atoms with Gasteiger partial charge in [0.05, 0.1) is 21.2 Å². The first-order chi connectivity index (χ1) is 10.6. The molecule has 0 bridgehead atoms. The van der Waals surface area contributed by atoms with Gasteiger partial charge in [0.15, 0.2) is 5.82 Å². The summed E-state index contributed by atoms with van der Waals surface area (Å²) in [6.07, 6.45) is 1.29. The Hall–Kier alpha value is -2.80. The molecule has 1 aromatic heterocycles. The molecule has 3 rings (SSSR count). The van der Waals surface area contributed by atoms with Gasteiger partial charge in [-0.15, -0.1) is 0 Å². The maximum Gasteiger partial charge on any atom is 0.270 e. The number of fused-ring (bicyclic) bond motifs is 1. The minimum absolute atomic E-state index is 0.0330. The number of anilines is 2. The van der Waals surface area contributed by atoms with Gasteiger partial charge in [-0.05, 0) is 18.2 Å². The predicted octanol–water partition coefficient (Wildman–Crippen LogP) is 4.07. The van der Waals surface area contributed by atoms with Crippen molar-refractivity contribution >= 4 is 39.7 Å². The Kier molecular flexibility index (Phi) is 3.56. The lowest BCUT2D eigenvalue weighted by molar-refractivity contribution is -0.384. The number of nitrogens with one attached hydrogen (secondary N) is 1. The average molecular weight is 319 g/mol. The Balaban J connectivity index is 2.12. The normalized spacial score (nSPS) is 10.6. The molecule has 0 unspecified atom stereocenters. The molecule has 6 nitrogen and oxygen atoms in total. The van der Waals surface area contributed by atoms with Crippen molar-refractivity contribution in [3.63, 3.8) is 0 Å². The number of rotatable bonds is 3. The summed E-state index contributed by atoms with van der Waals surface area (Å²) in [6, 6.07) is 8.69. The molecule has 0 radical (unpaired) electrons. The van der Waals surface area contributed by atoms with Crippen LogP contribution in [0.4, 0.5) is 21.6 Å². The Morgan fingerprint density at radius 1 is 1.23 bits per heavy atom. The molecule has 0 aliphatic heterocycles. The number of hydrogen-bond acceptors (Lipinski definition) is 5. The summed E-state index contributed by atoms with van der Waals surface area (Å²) in [5.41, 5.74) is 0.529. The maximum atomic E-state index is 13.9. The smallest absolute Gasteiger partial charge is 0.270 e. The summed E-state index contributed by atoms with van der Waals surface area (Å²) in [5, 5.41) is 14.0. The molecule has 0 aliphatic carbocycles. The van der Waals surface area contributed by atoms with Crippen LogP contribution in [-0.2, 0) is 0 Å². The highest BCUT2D eigenvalue weighted by Gasteiger charge is 2.13. The molecule has 0 spiro atoms. The number of benzene rings is 2. The van der Waals surface area contributed by atoms with E-state index in [2.05, 4.69) is 15.3 Å². The van der Waals surface area contributed by atoms with E-state index in [1.807, 2.05) is 0 Å². The first kappa shape index (κ1) is 14.2. The zero-order chi connectivity index (χ0) is 15.7. The Morgan fingerprint density at radius 2 is 2.05 bits per heavy atom. The summed E-state index contributed by atoms with van der Waals surface area (Å²) >= 11 is 5.73. The highest BCUT2D eigenvalue weighted by atomic mass is 35.5. The van der Waals surface area contributed by atoms with Crippen LogP contribution >= 0.6 is 11.6 Å². The molecule has 0 aliphatic rings. The zero-order valence-electron chi connectivity index (χ0n) is 11.0. The molecule has 0 atom stereocenters. The predicted molar refractivity (Wildman–Crippen MR) is 80.9 cm³/mol. The number of nitro benzene ring substituents is 1. The third-order valence-electron chi connectivity index (χ3n) is 3.03. The summed E-state index contributed by atoms with van der Waals surface area (Å²) < 4.78 is 13.9. The lowest BCUT2D eigenvalue weighted by Crippen LogP contribution is -1.99. The Labute approximate surface area is 128 Å². The number of non-ortho nitro benzene ring substituents is 1. The van der Waals surface area contributed by atoms with E-state index in [9.17, 15) is 14.5 Å².